The van der Waals surface area contributed by atoms with Gasteiger partial charge in [-0.15, -0.1) is 0 Å². The van der Waals surface area contributed by atoms with Crippen molar-refractivity contribution in [2.24, 2.45) is 5.92 Å². The Morgan fingerprint density at radius 3 is 2.84 bits per heavy atom. The van der Waals surface area contributed by atoms with Crippen LogP contribution in [0.25, 0.3) is 0 Å². The molecule has 0 unspecified atom stereocenters. The second-order valence-corrected chi connectivity index (χ2v) is 5.59. The van der Waals surface area contributed by atoms with Gasteiger partial charge in [0, 0.05) is 11.6 Å². The number of ketones is 1. The number of fused-ring (bicyclic) bond motifs is 2. The summed E-state index contributed by atoms with van der Waals surface area (Å²) in [6.45, 7) is 3.63. The van der Waals surface area contributed by atoms with E-state index in [4.69, 9.17) is 0 Å². The fourth-order valence-corrected chi connectivity index (χ4v) is 3.43. The molecule has 1 heterocycles. The van der Waals surface area contributed by atoms with E-state index in [1.807, 2.05) is 31.2 Å². The summed E-state index contributed by atoms with van der Waals surface area (Å²) >= 11 is 0. The highest BCUT2D eigenvalue weighted by atomic mass is 16.2. The van der Waals surface area contributed by atoms with Gasteiger partial charge in [-0.05, 0) is 38.3 Å². The third-order valence-electron chi connectivity index (χ3n) is 4.45. The van der Waals surface area contributed by atoms with E-state index in [1.165, 1.54) is 5.57 Å². The lowest BCUT2D eigenvalue weighted by atomic mass is 9.62. The van der Waals surface area contributed by atoms with Crippen molar-refractivity contribution in [2.45, 2.75) is 32.1 Å². The minimum absolute atomic E-state index is 0.0300. The van der Waals surface area contributed by atoms with Crippen LogP contribution in [0.5, 0.6) is 0 Å². The molecule has 1 aromatic rings. The number of rotatable bonds is 1. The number of anilines is 1. The second-order valence-electron chi connectivity index (χ2n) is 5.59. The van der Waals surface area contributed by atoms with Gasteiger partial charge < -0.3 is 5.32 Å². The number of benzene rings is 1. The van der Waals surface area contributed by atoms with Crippen molar-refractivity contribution < 1.29 is 9.59 Å². The monoisotopic (exact) mass is 255 g/mol. The Balaban J connectivity index is 2.21. The molecule has 2 atom stereocenters. The van der Waals surface area contributed by atoms with Crippen LogP contribution in [0.15, 0.2) is 35.9 Å². The number of amides is 1. The maximum Gasteiger partial charge on any atom is 0.236 e. The zero-order valence-electron chi connectivity index (χ0n) is 11.2. The zero-order valence-corrected chi connectivity index (χ0v) is 11.2. The molecule has 3 nitrogen and oxygen atoms in total. The van der Waals surface area contributed by atoms with E-state index in [-0.39, 0.29) is 17.6 Å². The van der Waals surface area contributed by atoms with Gasteiger partial charge in [0.25, 0.3) is 0 Å². The molecule has 19 heavy (non-hydrogen) atoms. The van der Waals surface area contributed by atoms with E-state index in [2.05, 4.69) is 11.4 Å². The van der Waals surface area contributed by atoms with E-state index in [0.29, 0.717) is 12.8 Å². The van der Waals surface area contributed by atoms with Gasteiger partial charge in [-0.1, -0.05) is 29.8 Å². The number of allylic oxidation sites excluding steroid dienone is 2. The fourth-order valence-electron chi connectivity index (χ4n) is 3.43. The first-order valence-corrected chi connectivity index (χ1v) is 6.63. The van der Waals surface area contributed by atoms with Crippen LogP contribution >= 0.6 is 0 Å². The van der Waals surface area contributed by atoms with Crippen LogP contribution in [0.3, 0.4) is 0 Å². The molecule has 3 heteroatoms. The molecule has 1 aliphatic carbocycles. The van der Waals surface area contributed by atoms with Crippen LogP contribution in [-0.2, 0) is 15.0 Å². The summed E-state index contributed by atoms with van der Waals surface area (Å²) in [5.74, 6) is -0.182. The van der Waals surface area contributed by atoms with Crippen molar-refractivity contribution in [3.63, 3.8) is 0 Å². The average molecular weight is 255 g/mol. The van der Waals surface area contributed by atoms with Crippen molar-refractivity contribution in [3.05, 3.63) is 41.5 Å². The first kappa shape index (κ1) is 12.2. The Kier molecular flexibility index (Phi) is 2.59. The molecule has 1 N–H and O–H groups in total. The SMILES string of the molecule is CC(=O)[C@@H]1CC(C)=CC[C@]12C(=O)Nc1ccccc12. The largest absolute Gasteiger partial charge is 0.325 e. The van der Waals surface area contributed by atoms with E-state index >= 15 is 0 Å². The summed E-state index contributed by atoms with van der Waals surface area (Å²) in [5, 5.41) is 2.94. The maximum atomic E-state index is 12.5. The van der Waals surface area contributed by atoms with E-state index in [1.54, 1.807) is 6.92 Å². The Bertz CT molecular complexity index is 603. The predicted octanol–water partition coefficient (Wildman–Crippen LogP) is 2.82. The Hall–Kier alpha value is -1.90. The highest BCUT2D eigenvalue weighted by Gasteiger charge is 2.54. The molecule has 0 saturated heterocycles. The molecule has 1 aliphatic heterocycles. The molecule has 0 bridgehead atoms. The van der Waals surface area contributed by atoms with Gasteiger partial charge >= 0.3 is 0 Å². The maximum absolute atomic E-state index is 12.5. The number of hydrogen-bond acceptors (Lipinski definition) is 2. The summed E-state index contributed by atoms with van der Waals surface area (Å²) in [4.78, 5) is 24.6. The van der Waals surface area contributed by atoms with Gasteiger partial charge in [-0.3, -0.25) is 9.59 Å². The number of Topliss-reactive ketones (excluding diaryl/α,β-unsaturated/α-hetero) is 1. The van der Waals surface area contributed by atoms with Crippen molar-refractivity contribution in [1.29, 1.82) is 0 Å². The number of hydrogen-bond donors (Lipinski definition) is 1. The topological polar surface area (TPSA) is 46.2 Å². The van der Waals surface area contributed by atoms with Crippen LogP contribution in [0, 0.1) is 5.92 Å². The molecule has 1 amide bonds. The molecular formula is C16H17NO2. The first-order valence-electron chi connectivity index (χ1n) is 6.63. The number of carbonyl (C=O) groups is 2. The van der Waals surface area contributed by atoms with Gasteiger partial charge in [0.2, 0.25) is 5.91 Å². The number of carbonyl (C=O) groups excluding carboxylic acids is 2. The van der Waals surface area contributed by atoms with Crippen LogP contribution in [0.1, 0.15) is 32.3 Å². The highest BCUT2D eigenvalue weighted by Crippen LogP contribution is 2.50. The first-order chi connectivity index (χ1) is 9.05. The summed E-state index contributed by atoms with van der Waals surface area (Å²) in [6, 6.07) is 7.72. The predicted molar refractivity (Wildman–Crippen MR) is 73.9 cm³/mol. The van der Waals surface area contributed by atoms with Crippen molar-refractivity contribution in [3.8, 4) is 0 Å². The quantitative estimate of drug-likeness (QED) is 0.784. The molecule has 0 fully saturated rings. The normalized spacial score (nSPS) is 28.8. The summed E-state index contributed by atoms with van der Waals surface area (Å²) < 4.78 is 0. The molecule has 0 radical (unpaired) electrons. The number of para-hydroxylation sites is 1. The fraction of sp³-hybridized carbons (Fsp3) is 0.375. The van der Waals surface area contributed by atoms with Crippen molar-refractivity contribution in [2.75, 3.05) is 5.32 Å². The third kappa shape index (κ3) is 1.57. The molecule has 1 aromatic carbocycles. The molecule has 3 rings (SSSR count). The molecule has 98 valence electrons. The molecule has 1 spiro atoms. The summed E-state index contributed by atoms with van der Waals surface area (Å²) in [5.41, 5.74) is 2.33. The number of nitrogens with one attached hydrogen (secondary N) is 1. The standard InChI is InChI=1S/C16H17NO2/c1-10-7-8-16(13(9-10)11(2)18)12-5-3-4-6-14(12)17-15(16)19/h3-7,13H,8-9H2,1-2H3,(H,17,19)/t13-,16+/m0/s1. The summed E-state index contributed by atoms with van der Waals surface area (Å²) in [7, 11) is 0. The molecule has 0 aromatic heterocycles. The van der Waals surface area contributed by atoms with Gasteiger partial charge in [0.1, 0.15) is 5.78 Å². The van der Waals surface area contributed by atoms with Crippen LogP contribution in [0.4, 0.5) is 5.69 Å². The lowest BCUT2D eigenvalue weighted by Crippen LogP contribution is -2.46. The summed E-state index contributed by atoms with van der Waals surface area (Å²) in [6.07, 6.45) is 3.39. The molecule has 0 saturated carbocycles. The van der Waals surface area contributed by atoms with E-state index in [9.17, 15) is 9.59 Å². The Morgan fingerprint density at radius 1 is 1.37 bits per heavy atom. The van der Waals surface area contributed by atoms with E-state index in [0.717, 1.165) is 11.3 Å². The smallest absolute Gasteiger partial charge is 0.236 e. The van der Waals surface area contributed by atoms with Crippen LogP contribution in [0.2, 0.25) is 0 Å². The Morgan fingerprint density at radius 2 is 2.11 bits per heavy atom. The van der Waals surface area contributed by atoms with Gasteiger partial charge in [-0.2, -0.15) is 0 Å². The van der Waals surface area contributed by atoms with Gasteiger partial charge in [0.15, 0.2) is 0 Å². The minimum Gasteiger partial charge on any atom is -0.325 e. The molecule has 2 aliphatic rings. The van der Waals surface area contributed by atoms with Gasteiger partial charge in [0.05, 0.1) is 5.41 Å². The van der Waals surface area contributed by atoms with Crippen LogP contribution < -0.4 is 5.32 Å². The average Bonchev–Trinajstić information content (AvgIpc) is 2.66. The lowest BCUT2D eigenvalue weighted by molar-refractivity contribution is -0.131. The third-order valence-corrected chi connectivity index (χ3v) is 4.45. The Labute approximate surface area is 112 Å². The molecular weight excluding hydrogens is 238 g/mol. The zero-order chi connectivity index (χ0) is 13.6. The van der Waals surface area contributed by atoms with Gasteiger partial charge in [-0.25, -0.2) is 0 Å². The highest BCUT2D eigenvalue weighted by molar-refractivity contribution is 6.09. The lowest BCUT2D eigenvalue weighted by Gasteiger charge is -2.37. The van der Waals surface area contributed by atoms with Crippen molar-refractivity contribution >= 4 is 17.4 Å². The minimum atomic E-state index is -0.693. The van der Waals surface area contributed by atoms with Crippen molar-refractivity contribution in [1.82, 2.24) is 0 Å². The van der Waals surface area contributed by atoms with Crippen LogP contribution in [-0.4, -0.2) is 11.7 Å². The van der Waals surface area contributed by atoms with E-state index < -0.39 is 5.41 Å². The second kappa shape index (κ2) is 4.05.